The number of anilines is 2. The summed E-state index contributed by atoms with van der Waals surface area (Å²) in [5.41, 5.74) is 2.17. The van der Waals surface area contributed by atoms with Gasteiger partial charge in [0.05, 0.1) is 4.90 Å². The summed E-state index contributed by atoms with van der Waals surface area (Å²) >= 11 is 0. The molecule has 3 N–H and O–H groups in total. The average molecular weight is 427 g/mol. The summed E-state index contributed by atoms with van der Waals surface area (Å²) in [5, 5.41) is 5.16. The Hall–Kier alpha value is -3.66. The molecule has 1 heterocycles. The lowest BCUT2D eigenvalue weighted by molar-refractivity contribution is 0.234. The molecule has 0 aliphatic rings. The number of hydrogen-bond acceptors (Lipinski definition) is 6. The fourth-order valence-corrected chi connectivity index (χ4v) is 3.34. The molecule has 3 rings (SSSR count). The molecule has 2 aromatic carbocycles. The number of carbonyl (C=O) groups excluding carboxylic acids is 1. The van der Waals surface area contributed by atoms with Crippen LogP contribution in [0.2, 0.25) is 0 Å². The summed E-state index contributed by atoms with van der Waals surface area (Å²) in [4.78, 5) is 19.9. The number of hydrogen-bond donors (Lipinski definition) is 3. The molecule has 30 heavy (non-hydrogen) atoms. The molecule has 0 fully saturated rings. The minimum absolute atomic E-state index is 0.00911. The minimum atomic E-state index is -3.85. The highest BCUT2D eigenvalue weighted by atomic mass is 32.2. The number of aryl methyl sites for hydroxylation is 2. The second-order valence-corrected chi connectivity index (χ2v) is 8.07. The second-order valence-electron chi connectivity index (χ2n) is 6.38. The number of rotatable bonds is 7. The van der Waals surface area contributed by atoms with Crippen LogP contribution in [0.3, 0.4) is 0 Å². The van der Waals surface area contributed by atoms with E-state index in [1.165, 1.54) is 30.5 Å². The highest BCUT2D eigenvalue weighted by Crippen LogP contribution is 2.16. The van der Waals surface area contributed by atoms with Crippen LogP contribution in [0.5, 0.6) is 5.75 Å². The molecule has 0 saturated carbocycles. The molecule has 1 aromatic heterocycles. The monoisotopic (exact) mass is 427 g/mol. The van der Waals surface area contributed by atoms with Crippen LogP contribution < -0.4 is 20.1 Å². The number of amides is 2. The van der Waals surface area contributed by atoms with Crippen LogP contribution >= 0.6 is 0 Å². The fraction of sp³-hybridized carbons (Fsp3) is 0.150. The van der Waals surface area contributed by atoms with Crippen LogP contribution in [-0.2, 0) is 10.0 Å². The number of nitrogens with zero attached hydrogens (tertiary/aromatic N) is 2. The number of nitrogens with one attached hydrogen (secondary N) is 3. The Kier molecular flexibility index (Phi) is 6.48. The summed E-state index contributed by atoms with van der Waals surface area (Å²) in [6, 6.07) is 14.3. The smallest absolute Gasteiger partial charge is 0.321 e. The zero-order valence-electron chi connectivity index (χ0n) is 16.4. The van der Waals surface area contributed by atoms with E-state index in [4.69, 9.17) is 4.74 Å². The van der Waals surface area contributed by atoms with E-state index in [2.05, 4.69) is 25.3 Å². The predicted molar refractivity (Wildman–Crippen MR) is 113 cm³/mol. The van der Waals surface area contributed by atoms with Gasteiger partial charge in [-0.05, 0) is 56.3 Å². The SMILES string of the molecule is Cc1ccc(OCNC(=O)Nc2ccc(S(=O)(=O)Nc3nccc(C)n3)cc2)cc1. The van der Waals surface area contributed by atoms with E-state index < -0.39 is 16.1 Å². The van der Waals surface area contributed by atoms with Gasteiger partial charge in [-0.3, -0.25) is 0 Å². The number of ether oxygens (including phenoxy) is 1. The first-order valence-corrected chi connectivity index (χ1v) is 10.5. The van der Waals surface area contributed by atoms with Crippen molar-refractivity contribution in [2.24, 2.45) is 0 Å². The Balaban J connectivity index is 1.53. The van der Waals surface area contributed by atoms with Gasteiger partial charge in [0.15, 0.2) is 6.73 Å². The lowest BCUT2D eigenvalue weighted by Gasteiger charge is -2.10. The summed E-state index contributed by atoms with van der Waals surface area (Å²) in [5.74, 6) is 0.630. The first-order chi connectivity index (χ1) is 14.3. The molecule has 0 saturated heterocycles. The fourth-order valence-electron chi connectivity index (χ4n) is 2.39. The van der Waals surface area contributed by atoms with Gasteiger partial charge < -0.3 is 15.4 Å². The summed E-state index contributed by atoms with van der Waals surface area (Å²) in [6.07, 6.45) is 1.47. The lowest BCUT2D eigenvalue weighted by Crippen LogP contribution is -2.32. The van der Waals surface area contributed by atoms with Crippen molar-refractivity contribution in [1.29, 1.82) is 0 Å². The molecule has 10 heteroatoms. The third-order valence-electron chi connectivity index (χ3n) is 3.94. The van der Waals surface area contributed by atoms with Crippen LogP contribution in [0.15, 0.2) is 65.7 Å². The molecule has 3 aromatic rings. The molecule has 0 aliphatic carbocycles. The standard InChI is InChI=1S/C20H21N5O4S/c1-14-3-7-17(8-4-14)29-13-22-20(26)24-16-5-9-18(10-6-16)30(27,28)25-19-21-12-11-15(2)23-19/h3-12H,13H2,1-2H3,(H,21,23,25)(H2,22,24,26). The van der Waals surface area contributed by atoms with Gasteiger partial charge in [-0.15, -0.1) is 0 Å². The highest BCUT2D eigenvalue weighted by molar-refractivity contribution is 7.92. The van der Waals surface area contributed by atoms with E-state index in [0.717, 1.165) is 5.56 Å². The van der Waals surface area contributed by atoms with Crippen molar-refractivity contribution in [2.45, 2.75) is 18.7 Å². The number of carbonyl (C=O) groups is 1. The summed E-state index contributed by atoms with van der Waals surface area (Å²) < 4.78 is 32.6. The van der Waals surface area contributed by atoms with E-state index in [1.807, 2.05) is 31.2 Å². The van der Waals surface area contributed by atoms with E-state index in [9.17, 15) is 13.2 Å². The second kappa shape index (κ2) is 9.23. The predicted octanol–water partition coefficient (Wildman–Crippen LogP) is 3.05. The number of aromatic nitrogens is 2. The molecule has 0 unspecified atom stereocenters. The van der Waals surface area contributed by atoms with Crippen LogP contribution in [0.1, 0.15) is 11.3 Å². The van der Waals surface area contributed by atoms with E-state index in [0.29, 0.717) is 17.1 Å². The zero-order chi connectivity index (χ0) is 21.6. The Morgan fingerprint density at radius 2 is 1.70 bits per heavy atom. The molecule has 0 spiro atoms. The van der Waals surface area contributed by atoms with Gasteiger partial charge in [0.1, 0.15) is 5.75 Å². The molecule has 0 radical (unpaired) electrons. The van der Waals surface area contributed by atoms with Crippen molar-refractivity contribution in [3.63, 3.8) is 0 Å². The van der Waals surface area contributed by atoms with Crippen LogP contribution in [0.4, 0.5) is 16.4 Å². The van der Waals surface area contributed by atoms with Crippen LogP contribution in [-0.4, -0.2) is 31.1 Å². The zero-order valence-corrected chi connectivity index (χ0v) is 17.2. The third kappa shape index (κ3) is 5.92. The van der Waals surface area contributed by atoms with Gasteiger partial charge in [-0.2, -0.15) is 0 Å². The molecule has 156 valence electrons. The molecule has 2 amide bonds. The van der Waals surface area contributed by atoms with E-state index in [-0.39, 0.29) is 17.6 Å². The van der Waals surface area contributed by atoms with Crippen molar-refractivity contribution >= 4 is 27.7 Å². The molecular formula is C20H21N5O4S. The third-order valence-corrected chi connectivity index (χ3v) is 5.28. The van der Waals surface area contributed by atoms with Gasteiger partial charge in [0, 0.05) is 17.6 Å². The Morgan fingerprint density at radius 3 is 2.37 bits per heavy atom. The molecule has 9 nitrogen and oxygen atoms in total. The van der Waals surface area contributed by atoms with Crippen molar-refractivity contribution in [3.8, 4) is 5.75 Å². The Bertz CT molecular complexity index is 1120. The minimum Gasteiger partial charge on any atom is -0.473 e. The topological polar surface area (TPSA) is 122 Å². The normalized spacial score (nSPS) is 10.9. The maximum absolute atomic E-state index is 12.4. The lowest BCUT2D eigenvalue weighted by atomic mass is 10.2. The van der Waals surface area contributed by atoms with Gasteiger partial charge in [-0.25, -0.2) is 27.9 Å². The summed E-state index contributed by atoms with van der Waals surface area (Å²) in [6.45, 7) is 3.69. The van der Waals surface area contributed by atoms with E-state index >= 15 is 0 Å². The van der Waals surface area contributed by atoms with Crippen LogP contribution in [0.25, 0.3) is 0 Å². The first-order valence-electron chi connectivity index (χ1n) is 8.99. The molecule has 0 aliphatic heterocycles. The summed E-state index contributed by atoms with van der Waals surface area (Å²) in [7, 11) is -3.85. The Morgan fingerprint density at radius 1 is 1.00 bits per heavy atom. The largest absolute Gasteiger partial charge is 0.473 e. The maximum Gasteiger partial charge on any atom is 0.321 e. The molecule has 0 atom stereocenters. The van der Waals surface area contributed by atoms with Gasteiger partial charge >= 0.3 is 6.03 Å². The molecular weight excluding hydrogens is 406 g/mol. The number of benzene rings is 2. The van der Waals surface area contributed by atoms with E-state index in [1.54, 1.807) is 13.0 Å². The van der Waals surface area contributed by atoms with Gasteiger partial charge in [0.25, 0.3) is 10.0 Å². The molecule has 0 bridgehead atoms. The van der Waals surface area contributed by atoms with Crippen molar-refractivity contribution in [3.05, 3.63) is 72.1 Å². The van der Waals surface area contributed by atoms with Crippen molar-refractivity contribution < 1.29 is 17.9 Å². The Labute approximate surface area is 174 Å². The van der Waals surface area contributed by atoms with Crippen LogP contribution in [0, 0.1) is 13.8 Å². The number of sulfonamides is 1. The van der Waals surface area contributed by atoms with Gasteiger partial charge in [-0.1, -0.05) is 17.7 Å². The first kappa shape index (κ1) is 21.1. The highest BCUT2D eigenvalue weighted by Gasteiger charge is 2.16. The van der Waals surface area contributed by atoms with Crippen molar-refractivity contribution in [2.75, 3.05) is 16.8 Å². The number of urea groups is 1. The quantitative estimate of drug-likeness (QED) is 0.498. The maximum atomic E-state index is 12.4. The van der Waals surface area contributed by atoms with Crippen molar-refractivity contribution in [1.82, 2.24) is 15.3 Å². The average Bonchev–Trinajstić information content (AvgIpc) is 2.69. The van der Waals surface area contributed by atoms with Gasteiger partial charge in [0.2, 0.25) is 5.95 Å².